The van der Waals surface area contributed by atoms with E-state index in [1.807, 2.05) is 48.5 Å². The molecule has 2 N–H and O–H groups in total. The molecule has 0 atom stereocenters. The second-order valence-corrected chi connectivity index (χ2v) is 5.10. The van der Waals surface area contributed by atoms with E-state index in [1.54, 1.807) is 25.4 Å². The van der Waals surface area contributed by atoms with Crippen LogP contribution in [0.25, 0.3) is 0 Å². The van der Waals surface area contributed by atoms with Gasteiger partial charge in [-0.15, -0.1) is 0 Å². The molecular weight excluding hydrogens is 302 g/mol. The van der Waals surface area contributed by atoms with Gasteiger partial charge in [-0.05, 0) is 48.5 Å². The van der Waals surface area contributed by atoms with Gasteiger partial charge in [0.2, 0.25) is 0 Å². The molecule has 0 unspecified atom stereocenters. The molecular formula is C19H17N3O2. The molecule has 1 aromatic heterocycles. The topological polar surface area (TPSA) is 63.2 Å². The van der Waals surface area contributed by atoms with Crippen molar-refractivity contribution in [1.82, 2.24) is 4.98 Å². The number of benzene rings is 2. The summed E-state index contributed by atoms with van der Waals surface area (Å²) in [5, 5.41) is 6.13. The number of amides is 1. The highest BCUT2D eigenvalue weighted by atomic mass is 16.5. The van der Waals surface area contributed by atoms with Crippen LogP contribution in [-0.2, 0) is 0 Å². The van der Waals surface area contributed by atoms with Crippen LogP contribution in [0.2, 0.25) is 0 Å². The van der Waals surface area contributed by atoms with Crippen LogP contribution >= 0.6 is 0 Å². The Bertz CT molecular complexity index is 818. The van der Waals surface area contributed by atoms with Crippen LogP contribution in [-0.4, -0.2) is 18.0 Å². The number of para-hydroxylation sites is 2. The smallest absolute Gasteiger partial charge is 0.257 e. The Kier molecular flexibility index (Phi) is 4.72. The van der Waals surface area contributed by atoms with E-state index in [4.69, 9.17) is 4.74 Å². The van der Waals surface area contributed by atoms with Crippen LogP contribution in [0, 0.1) is 0 Å². The normalized spacial score (nSPS) is 10.0. The van der Waals surface area contributed by atoms with E-state index in [-0.39, 0.29) is 5.91 Å². The predicted octanol–water partition coefficient (Wildman–Crippen LogP) is 4.09. The van der Waals surface area contributed by atoms with Crippen molar-refractivity contribution < 1.29 is 9.53 Å². The summed E-state index contributed by atoms with van der Waals surface area (Å²) < 4.78 is 5.32. The summed E-state index contributed by atoms with van der Waals surface area (Å²) in [6, 6.07) is 18.6. The van der Waals surface area contributed by atoms with Crippen LogP contribution in [0.5, 0.6) is 5.75 Å². The van der Waals surface area contributed by atoms with Gasteiger partial charge in [0.15, 0.2) is 0 Å². The van der Waals surface area contributed by atoms with Gasteiger partial charge in [0, 0.05) is 23.8 Å². The quantitative estimate of drug-likeness (QED) is 0.743. The molecule has 1 heterocycles. The van der Waals surface area contributed by atoms with Crippen molar-refractivity contribution in [2.24, 2.45) is 0 Å². The highest BCUT2D eigenvalue weighted by Crippen LogP contribution is 2.27. The van der Waals surface area contributed by atoms with Gasteiger partial charge in [0.25, 0.3) is 5.91 Å². The lowest BCUT2D eigenvalue weighted by molar-refractivity contribution is 0.102. The summed E-state index contributed by atoms with van der Waals surface area (Å²) in [4.78, 5) is 16.0. The summed E-state index contributed by atoms with van der Waals surface area (Å²) in [7, 11) is 1.64. The molecule has 0 aliphatic carbocycles. The number of methoxy groups -OCH3 is 1. The summed E-state index contributed by atoms with van der Waals surface area (Å²) >= 11 is 0. The van der Waals surface area contributed by atoms with Gasteiger partial charge in [0.1, 0.15) is 5.75 Å². The van der Waals surface area contributed by atoms with Crippen LogP contribution in [0.15, 0.2) is 73.1 Å². The van der Waals surface area contributed by atoms with E-state index in [0.717, 1.165) is 22.8 Å². The molecule has 0 radical (unpaired) electrons. The molecule has 24 heavy (non-hydrogen) atoms. The maximum Gasteiger partial charge on any atom is 0.257 e. The molecule has 1 amide bonds. The standard InChI is InChI=1S/C19H17N3O2/c1-24-18-7-3-2-6-17(18)21-15-8-10-16(11-9-15)22-19(23)14-5-4-12-20-13-14/h2-13,21H,1H3,(H,22,23). The van der Waals surface area contributed by atoms with Gasteiger partial charge in [-0.3, -0.25) is 9.78 Å². The van der Waals surface area contributed by atoms with E-state index in [1.165, 1.54) is 6.20 Å². The Labute approximate surface area is 140 Å². The van der Waals surface area contributed by atoms with Gasteiger partial charge in [-0.1, -0.05) is 12.1 Å². The molecule has 0 saturated carbocycles. The zero-order valence-electron chi connectivity index (χ0n) is 13.2. The predicted molar refractivity (Wildman–Crippen MR) is 94.9 cm³/mol. The molecule has 0 fully saturated rings. The van der Waals surface area contributed by atoms with Crippen molar-refractivity contribution >= 4 is 23.0 Å². The lowest BCUT2D eigenvalue weighted by Crippen LogP contribution is -2.11. The molecule has 3 aromatic rings. The summed E-state index contributed by atoms with van der Waals surface area (Å²) in [5.41, 5.74) is 3.02. The largest absolute Gasteiger partial charge is 0.495 e. The SMILES string of the molecule is COc1ccccc1Nc1ccc(NC(=O)c2cccnc2)cc1. The van der Waals surface area contributed by atoms with E-state index in [2.05, 4.69) is 15.6 Å². The van der Waals surface area contributed by atoms with Crippen molar-refractivity contribution in [3.8, 4) is 5.75 Å². The molecule has 0 saturated heterocycles. The summed E-state index contributed by atoms with van der Waals surface area (Å²) in [6.45, 7) is 0. The third kappa shape index (κ3) is 3.70. The molecule has 120 valence electrons. The fourth-order valence-corrected chi connectivity index (χ4v) is 2.24. The van der Waals surface area contributed by atoms with Gasteiger partial charge >= 0.3 is 0 Å². The average Bonchev–Trinajstić information content (AvgIpc) is 2.64. The average molecular weight is 319 g/mol. The van der Waals surface area contributed by atoms with Crippen molar-refractivity contribution in [3.63, 3.8) is 0 Å². The Hall–Kier alpha value is -3.34. The maximum absolute atomic E-state index is 12.1. The van der Waals surface area contributed by atoms with Crippen LogP contribution in [0.1, 0.15) is 10.4 Å². The molecule has 0 spiro atoms. The Morgan fingerprint density at radius 3 is 2.42 bits per heavy atom. The van der Waals surface area contributed by atoms with E-state index < -0.39 is 0 Å². The van der Waals surface area contributed by atoms with Crippen molar-refractivity contribution in [1.29, 1.82) is 0 Å². The first-order chi connectivity index (χ1) is 11.8. The van der Waals surface area contributed by atoms with Crippen LogP contribution in [0.4, 0.5) is 17.1 Å². The van der Waals surface area contributed by atoms with Crippen LogP contribution < -0.4 is 15.4 Å². The van der Waals surface area contributed by atoms with Gasteiger partial charge in [-0.25, -0.2) is 0 Å². The second kappa shape index (κ2) is 7.28. The number of nitrogens with one attached hydrogen (secondary N) is 2. The number of aromatic nitrogens is 1. The second-order valence-electron chi connectivity index (χ2n) is 5.10. The lowest BCUT2D eigenvalue weighted by Gasteiger charge is -2.11. The molecule has 0 aliphatic rings. The van der Waals surface area contributed by atoms with Crippen molar-refractivity contribution in [2.45, 2.75) is 0 Å². The number of rotatable bonds is 5. The molecule has 0 aliphatic heterocycles. The monoisotopic (exact) mass is 319 g/mol. The zero-order valence-corrected chi connectivity index (χ0v) is 13.2. The van der Waals surface area contributed by atoms with E-state index in [9.17, 15) is 4.79 Å². The molecule has 0 bridgehead atoms. The lowest BCUT2D eigenvalue weighted by atomic mass is 10.2. The highest BCUT2D eigenvalue weighted by Gasteiger charge is 2.06. The van der Waals surface area contributed by atoms with Crippen LogP contribution in [0.3, 0.4) is 0 Å². The first-order valence-corrected chi connectivity index (χ1v) is 7.48. The Morgan fingerprint density at radius 2 is 1.71 bits per heavy atom. The zero-order chi connectivity index (χ0) is 16.8. The summed E-state index contributed by atoms with van der Waals surface area (Å²) in [5.74, 6) is 0.583. The van der Waals surface area contributed by atoms with E-state index in [0.29, 0.717) is 5.56 Å². The van der Waals surface area contributed by atoms with Crippen molar-refractivity contribution in [2.75, 3.05) is 17.7 Å². The molecule has 5 heteroatoms. The third-order valence-electron chi connectivity index (χ3n) is 3.45. The fourth-order valence-electron chi connectivity index (χ4n) is 2.24. The third-order valence-corrected chi connectivity index (χ3v) is 3.45. The number of carbonyl (C=O) groups is 1. The maximum atomic E-state index is 12.1. The van der Waals surface area contributed by atoms with Gasteiger partial charge in [-0.2, -0.15) is 0 Å². The Morgan fingerprint density at radius 1 is 0.958 bits per heavy atom. The molecule has 5 nitrogen and oxygen atoms in total. The first-order valence-electron chi connectivity index (χ1n) is 7.48. The molecule has 2 aromatic carbocycles. The van der Waals surface area contributed by atoms with E-state index >= 15 is 0 Å². The summed E-state index contributed by atoms with van der Waals surface area (Å²) in [6.07, 6.45) is 3.17. The first kappa shape index (κ1) is 15.6. The minimum Gasteiger partial charge on any atom is -0.495 e. The van der Waals surface area contributed by atoms with Crippen molar-refractivity contribution in [3.05, 3.63) is 78.6 Å². The number of ether oxygens (including phenoxy) is 1. The minimum absolute atomic E-state index is 0.187. The number of carbonyl (C=O) groups excluding carboxylic acids is 1. The van der Waals surface area contributed by atoms with Gasteiger partial charge < -0.3 is 15.4 Å². The highest BCUT2D eigenvalue weighted by molar-refractivity contribution is 6.04. The fraction of sp³-hybridized carbons (Fsp3) is 0.0526. The molecule has 3 rings (SSSR count). The number of anilines is 3. The Balaban J connectivity index is 1.68. The van der Waals surface area contributed by atoms with Gasteiger partial charge in [0.05, 0.1) is 18.4 Å². The number of hydrogen-bond donors (Lipinski definition) is 2. The number of nitrogens with zero attached hydrogens (tertiary/aromatic N) is 1. The number of pyridine rings is 1. The minimum atomic E-state index is -0.187. The number of hydrogen-bond acceptors (Lipinski definition) is 4.